The second-order valence-electron chi connectivity index (χ2n) is 3.80. The molecule has 0 bridgehead atoms. The van der Waals surface area contributed by atoms with Crippen molar-refractivity contribution in [1.82, 2.24) is 9.97 Å². The van der Waals surface area contributed by atoms with Gasteiger partial charge in [0.15, 0.2) is 0 Å². The second-order valence-corrected chi connectivity index (χ2v) is 3.80. The van der Waals surface area contributed by atoms with Crippen molar-refractivity contribution in [2.45, 2.75) is 32.7 Å². The summed E-state index contributed by atoms with van der Waals surface area (Å²) in [7, 11) is 0. The molecule has 0 aromatic carbocycles. The third-order valence-corrected chi connectivity index (χ3v) is 2.06. The van der Waals surface area contributed by atoms with Crippen LogP contribution in [-0.4, -0.2) is 26.6 Å². The summed E-state index contributed by atoms with van der Waals surface area (Å²) in [4.78, 5) is 18.9. The number of carbonyl (C=O) groups is 1. The molecule has 1 aromatic rings. The van der Waals surface area contributed by atoms with E-state index >= 15 is 0 Å². The topological polar surface area (TPSA) is 75.1 Å². The molecule has 1 rings (SSSR count). The lowest BCUT2D eigenvalue weighted by molar-refractivity contribution is -0.141. The number of carboxylic acid groups (broad SMARTS) is 1. The molecule has 0 aliphatic carbocycles. The van der Waals surface area contributed by atoms with Crippen molar-refractivity contribution in [2.24, 2.45) is 0 Å². The van der Waals surface area contributed by atoms with E-state index in [0.717, 1.165) is 12.1 Å². The number of nitrogens with zero attached hydrogens (tertiary/aromatic N) is 2. The third-order valence-electron chi connectivity index (χ3n) is 2.06. The van der Waals surface area contributed by atoms with E-state index in [1.165, 1.54) is 6.33 Å². The molecule has 0 saturated carbocycles. The lowest BCUT2D eigenvalue weighted by Gasteiger charge is -2.21. The molecule has 0 saturated heterocycles. The Morgan fingerprint density at radius 2 is 2.20 bits per heavy atom. The molecule has 0 fully saturated rings. The summed E-state index contributed by atoms with van der Waals surface area (Å²) >= 11 is 0. The molecule has 1 aromatic heterocycles. The van der Waals surface area contributed by atoms with Gasteiger partial charge in [-0.3, -0.25) is 0 Å². The maximum atomic E-state index is 10.9. The van der Waals surface area contributed by atoms with Gasteiger partial charge in [0.2, 0.25) is 0 Å². The van der Waals surface area contributed by atoms with E-state index in [2.05, 4.69) is 15.3 Å². The minimum Gasteiger partial charge on any atom is -0.480 e. The fourth-order valence-electron chi connectivity index (χ4n) is 1.03. The van der Waals surface area contributed by atoms with Crippen molar-refractivity contribution in [1.29, 1.82) is 0 Å². The fraction of sp³-hybridized carbons (Fsp3) is 0.500. The van der Waals surface area contributed by atoms with E-state index in [9.17, 15) is 4.79 Å². The zero-order chi connectivity index (χ0) is 11.5. The minimum atomic E-state index is -1.03. The van der Waals surface area contributed by atoms with E-state index < -0.39 is 11.5 Å². The number of hydrogen-bond acceptors (Lipinski definition) is 4. The van der Waals surface area contributed by atoms with Gasteiger partial charge in [-0.15, -0.1) is 0 Å². The summed E-state index contributed by atoms with van der Waals surface area (Å²) in [5.41, 5.74) is -0.145. The lowest BCUT2D eigenvalue weighted by Crippen LogP contribution is -2.40. The van der Waals surface area contributed by atoms with Gasteiger partial charge >= 0.3 is 5.97 Å². The highest BCUT2D eigenvalue weighted by Crippen LogP contribution is 2.13. The molecular weight excluding hydrogens is 194 g/mol. The summed E-state index contributed by atoms with van der Waals surface area (Å²) in [6.07, 6.45) is 2.23. The van der Waals surface area contributed by atoms with E-state index in [4.69, 9.17) is 5.11 Å². The van der Waals surface area contributed by atoms with Gasteiger partial charge in [-0.05, 0) is 20.3 Å². The molecular formula is C10H15N3O2. The number of aromatic nitrogens is 2. The average molecular weight is 209 g/mol. The minimum absolute atomic E-state index is 0.536. The SMILES string of the molecule is CCc1cc(NC(C)(C)C(=O)O)ncn1. The molecule has 0 amide bonds. The first-order valence-corrected chi connectivity index (χ1v) is 4.78. The van der Waals surface area contributed by atoms with Crippen LogP contribution in [0.5, 0.6) is 0 Å². The Bertz CT molecular complexity index is 363. The summed E-state index contributed by atoms with van der Waals surface area (Å²) in [6.45, 7) is 5.15. The zero-order valence-corrected chi connectivity index (χ0v) is 9.11. The van der Waals surface area contributed by atoms with Crippen LogP contribution in [0, 0.1) is 0 Å². The number of aliphatic carboxylic acids is 1. The summed E-state index contributed by atoms with van der Waals surface area (Å²) in [5.74, 6) is -0.381. The van der Waals surface area contributed by atoms with Gasteiger partial charge in [0.1, 0.15) is 17.7 Å². The van der Waals surface area contributed by atoms with E-state index in [1.54, 1.807) is 19.9 Å². The maximum absolute atomic E-state index is 10.9. The molecule has 0 radical (unpaired) electrons. The van der Waals surface area contributed by atoms with Crippen LogP contribution < -0.4 is 5.32 Å². The number of aryl methyl sites for hydroxylation is 1. The molecule has 0 atom stereocenters. The van der Waals surface area contributed by atoms with Crippen LogP contribution in [0.2, 0.25) is 0 Å². The van der Waals surface area contributed by atoms with Gasteiger partial charge in [0, 0.05) is 11.8 Å². The largest absolute Gasteiger partial charge is 0.480 e. The first-order chi connectivity index (χ1) is 6.95. The molecule has 15 heavy (non-hydrogen) atoms. The molecule has 0 unspecified atom stereocenters. The Kier molecular flexibility index (Phi) is 3.24. The molecule has 0 aliphatic heterocycles. The molecule has 1 heterocycles. The zero-order valence-electron chi connectivity index (χ0n) is 9.11. The van der Waals surface area contributed by atoms with Crippen molar-refractivity contribution in [2.75, 3.05) is 5.32 Å². The molecule has 5 heteroatoms. The third kappa shape index (κ3) is 2.90. The van der Waals surface area contributed by atoms with Crippen LogP contribution in [0.25, 0.3) is 0 Å². The molecule has 82 valence electrons. The fourth-order valence-corrected chi connectivity index (χ4v) is 1.03. The lowest BCUT2D eigenvalue weighted by atomic mass is 10.1. The first-order valence-electron chi connectivity index (χ1n) is 4.78. The number of rotatable bonds is 4. The number of anilines is 1. The predicted octanol–water partition coefficient (Wildman–Crippen LogP) is 1.31. The van der Waals surface area contributed by atoms with Crippen LogP contribution >= 0.6 is 0 Å². The van der Waals surface area contributed by atoms with E-state index in [1.807, 2.05) is 6.92 Å². The Balaban J connectivity index is 2.85. The van der Waals surface area contributed by atoms with Gasteiger partial charge in [-0.1, -0.05) is 6.92 Å². The summed E-state index contributed by atoms with van der Waals surface area (Å²) in [6, 6.07) is 1.75. The Morgan fingerprint density at radius 1 is 1.53 bits per heavy atom. The smallest absolute Gasteiger partial charge is 0.328 e. The second kappa shape index (κ2) is 4.25. The van der Waals surface area contributed by atoms with E-state index in [-0.39, 0.29) is 0 Å². The van der Waals surface area contributed by atoms with Crippen molar-refractivity contribution < 1.29 is 9.90 Å². The normalized spacial score (nSPS) is 11.1. The van der Waals surface area contributed by atoms with Crippen molar-refractivity contribution >= 4 is 11.8 Å². The highest BCUT2D eigenvalue weighted by molar-refractivity contribution is 5.81. The summed E-state index contributed by atoms with van der Waals surface area (Å²) in [5, 5.41) is 11.8. The Morgan fingerprint density at radius 3 is 2.73 bits per heavy atom. The monoisotopic (exact) mass is 209 g/mol. The quantitative estimate of drug-likeness (QED) is 0.782. The van der Waals surface area contributed by atoms with Gasteiger partial charge in [-0.25, -0.2) is 14.8 Å². The van der Waals surface area contributed by atoms with Crippen molar-refractivity contribution in [3.8, 4) is 0 Å². The summed E-state index contributed by atoms with van der Waals surface area (Å²) < 4.78 is 0. The highest BCUT2D eigenvalue weighted by atomic mass is 16.4. The molecule has 2 N–H and O–H groups in total. The van der Waals surface area contributed by atoms with Crippen LogP contribution in [0.15, 0.2) is 12.4 Å². The van der Waals surface area contributed by atoms with Crippen molar-refractivity contribution in [3.63, 3.8) is 0 Å². The Labute approximate surface area is 88.6 Å². The molecule has 0 aliphatic rings. The van der Waals surface area contributed by atoms with Crippen LogP contribution in [0.3, 0.4) is 0 Å². The van der Waals surface area contributed by atoms with E-state index in [0.29, 0.717) is 5.82 Å². The van der Waals surface area contributed by atoms with Gasteiger partial charge in [0.25, 0.3) is 0 Å². The number of carboxylic acids is 1. The predicted molar refractivity (Wildman–Crippen MR) is 56.7 cm³/mol. The molecule has 5 nitrogen and oxygen atoms in total. The highest BCUT2D eigenvalue weighted by Gasteiger charge is 2.27. The standard InChI is InChI=1S/C10H15N3O2/c1-4-7-5-8(12-6-11-7)13-10(2,3)9(14)15/h5-6H,4H2,1-3H3,(H,14,15)(H,11,12,13). The van der Waals surface area contributed by atoms with Crippen LogP contribution in [0.4, 0.5) is 5.82 Å². The first kappa shape index (κ1) is 11.4. The maximum Gasteiger partial charge on any atom is 0.328 e. The van der Waals surface area contributed by atoms with Crippen LogP contribution in [-0.2, 0) is 11.2 Å². The Hall–Kier alpha value is -1.65. The van der Waals surface area contributed by atoms with Gasteiger partial charge < -0.3 is 10.4 Å². The molecule has 0 spiro atoms. The van der Waals surface area contributed by atoms with Gasteiger partial charge in [0.05, 0.1) is 0 Å². The van der Waals surface area contributed by atoms with Crippen molar-refractivity contribution in [3.05, 3.63) is 18.1 Å². The number of hydrogen-bond donors (Lipinski definition) is 2. The number of nitrogens with one attached hydrogen (secondary N) is 1. The van der Waals surface area contributed by atoms with Gasteiger partial charge in [-0.2, -0.15) is 0 Å². The average Bonchev–Trinajstić information content (AvgIpc) is 2.17. The van der Waals surface area contributed by atoms with Crippen LogP contribution in [0.1, 0.15) is 26.5 Å².